The first-order valence-corrected chi connectivity index (χ1v) is 4.28. The lowest BCUT2D eigenvalue weighted by Crippen LogP contribution is -2.13. The Kier molecular flexibility index (Phi) is 3.89. The summed E-state index contributed by atoms with van der Waals surface area (Å²) >= 11 is 0. The van der Waals surface area contributed by atoms with Gasteiger partial charge in [-0.3, -0.25) is 4.79 Å². The number of hydrogen-bond acceptors (Lipinski definition) is 2. The summed E-state index contributed by atoms with van der Waals surface area (Å²) in [5, 5.41) is 2.33. The summed E-state index contributed by atoms with van der Waals surface area (Å²) < 4.78 is 41.0. The molecule has 1 aromatic rings. The van der Waals surface area contributed by atoms with Crippen molar-refractivity contribution in [2.45, 2.75) is 6.18 Å². The number of carbonyl (C=O) groups excluding carboxylic acids is 1. The van der Waals surface area contributed by atoms with Crippen LogP contribution in [0, 0.1) is 6.61 Å². The zero-order chi connectivity index (χ0) is 12.2. The van der Waals surface area contributed by atoms with Gasteiger partial charge in [0.05, 0.1) is 5.56 Å². The van der Waals surface area contributed by atoms with Gasteiger partial charge < -0.3 is 10.1 Å². The fraction of sp³-hybridized carbons (Fsp3) is 0.200. The van der Waals surface area contributed by atoms with Crippen molar-refractivity contribution in [3.63, 3.8) is 0 Å². The Morgan fingerprint density at radius 2 is 1.88 bits per heavy atom. The highest BCUT2D eigenvalue weighted by Crippen LogP contribution is 2.29. The average Bonchev–Trinajstić information content (AvgIpc) is 2.17. The number of nitrogens with one attached hydrogen (secondary N) is 1. The summed E-state index contributed by atoms with van der Waals surface area (Å²) in [5.41, 5.74) is -0.493. The minimum atomic E-state index is -4.37. The lowest BCUT2D eigenvalue weighted by molar-refractivity contribution is -0.137. The van der Waals surface area contributed by atoms with Crippen LogP contribution in [0.3, 0.4) is 0 Å². The van der Waals surface area contributed by atoms with Gasteiger partial charge in [0.1, 0.15) is 0 Å². The van der Waals surface area contributed by atoms with Crippen LogP contribution in [0.1, 0.15) is 5.56 Å². The van der Waals surface area contributed by atoms with Gasteiger partial charge in [0, 0.05) is 12.8 Å². The van der Waals surface area contributed by atoms with Crippen LogP contribution in [0.25, 0.3) is 0 Å². The molecule has 1 N–H and O–H groups in total. The molecule has 0 aromatic heterocycles. The number of halogens is 3. The number of alkyl halides is 3. The van der Waals surface area contributed by atoms with Gasteiger partial charge >= 0.3 is 6.18 Å². The van der Waals surface area contributed by atoms with E-state index in [1.54, 1.807) is 0 Å². The SMILES string of the molecule is CO[CH]C(=O)Nc1ccc(C(F)(F)F)cc1. The predicted octanol–water partition coefficient (Wildman–Crippen LogP) is 2.45. The third-order valence-corrected chi connectivity index (χ3v) is 1.70. The van der Waals surface area contributed by atoms with Gasteiger partial charge in [-0.1, -0.05) is 0 Å². The van der Waals surface area contributed by atoms with Crippen molar-refractivity contribution in [1.29, 1.82) is 0 Å². The highest BCUT2D eigenvalue weighted by Gasteiger charge is 2.29. The van der Waals surface area contributed by atoms with Gasteiger partial charge in [0.15, 0.2) is 6.61 Å². The van der Waals surface area contributed by atoms with E-state index >= 15 is 0 Å². The molecule has 0 atom stereocenters. The second-order valence-corrected chi connectivity index (χ2v) is 2.92. The first-order chi connectivity index (χ1) is 7.43. The molecule has 0 heterocycles. The number of methoxy groups -OCH3 is 1. The van der Waals surface area contributed by atoms with Crippen LogP contribution < -0.4 is 5.32 Å². The standard InChI is InChI=1S/C10H9F3NO2/c1-16-6-9(15)14-8-4-2-7(3-5-8)10(11,12)13/h2-6H,1H3,(H,14,15). The fourth-order valence-electron chi connectivity index (χ4n) is 1.02. The quantitative estimate of drug-likeness (QED) is 0.869. The molecule has 0 fully saturated rings. The summed E-state index contributed by atoms with van der Waals surface area (Å²) in [6.45, 7) is 0.914. The van der Waals surface area contributed by atoms with Crippen LogP contribution in [-0.4, -0.2) is 13.0 Å². The Labute approximate surface area is 90.2 Å². The van der Waals surface area contributed by atoms with Gasteiger partial charge in [-0.25, -0.2) is 0 Å². The van der Waals surface area contributed by atoms with E-state index in [4.69, 9.17) is 0 Å². The van der Waals surface area contributed by atoms with Crippen molar-refractivity contribution < 1.29 is 22.7 Å². The molecule has 0 aliphatic heterocycles. The minimum absolute atomic E-state index is 0.270. The number of hydrogen-bond donors (Lipinski definition) is 1. The number of anilines is 1. The molecule has 87 valence electrons. The van der Waals surface area contributed by atoms with Crippen LogP contribution in [-0.2, 0) is 15.7 Å². The van der Waals surface area contributed by atoms with Gasteiger partial charge in [0.25, 0.3) is 5.91 Å². The molecule has 6 heteroatoms. The number of amides is 1. The molecule has 0 bridgehead atoms. The maximum Gasteiger partial charge on any atom is 0.416 e. The normalized spacial score (nSPS) is 11.2. The monoisotopic (exact) mass is 232 g/mol. The zero-order valence-corrected chi connectivity index (χ0v) is 8.34. The van der Waals surface area contributed by atoms with E-state index in [2.05, 4.69) is 10.1 Å². The maximum atomic E-state index is 12.2. The molecule has 0 unspecified atom stereocenters. The molecule has 3 nitrogen and oxygen atoms in total. The molecule has 0 aliphatic rings. The van der Waals surface area contributed by atoms with Crippen LogP contribution >= 0.6 is 0 Å². The topological polar surface area (TPSA) is 38.3 Å². The lowest BCUT2D eigenvalue weighted by Gasteiger charge is -2.08. The van der Waals surface area contributed by atoms with Crippen molar-refractivity contribution in [2.75, 3.05) is 12.4 Å². The molecule has 1 amide bonds. The molecule has 1 aromatic carbocycles. The zero-order valence-electron chi connectivity index (χ0n) is 8.34. The Hall–Kier alpha value is -1.56. The molecular formula is C10H9F3NO2. The van der Waals surface area contributed by atoms with E-state index in [1.165, 1.54) is 19.2 Å². The van der Waals surface area contributed by atoms with Crippen LogP contribution in [0.2, 0.25) is 0 Å². The molecule has 16 heavy (non-hydrogen) atoms. The molecular weight excluding hydrogens is 223 g/mol. The van der Waals surface area contributed by atoms with Crippen LogP contribution in [0.5, 0.6) is 0 Å². The van der Waals surface area contributed by atoms with Gasteiger partial charge in [-0.05, 0) is 24.3 Å². The number of benzene rings is 1. The molecule has 0 saturated carbocycles. The van der Waals surface area contributed by atoms with Gasteiger partial charge in [-0.2, -0.15) is 13.2 Å². The van der Waals surface area contributed by atoms with Crippen molar-refractivity contribution >= 4 is 11.6 Å². The van der Waals surface area contributed by atoms with E-state index in [9.17, 15) is 18.0 Å². The van der Waals surface area contributed by atoms with E-state index in [0.717, 1.165) is 18.7 Å². The summed E-state index contributed by atoms with van der Waals surface area (Å²) in [7, 11) is 1.30. The molecule has 0 aliphatic carbocycles. The van der Waals surface area contributed by atoms with Crippen molar-refractivity contribution in [2.24, 2.45) is 0 Å². The molecule has 1 radical (unpaired) electrons. The van der Waals surface area contributed by atoms with E-state index in [0.29, 0.717) is 0 Å². The third kappa shape index (κ3) is 3.54. The third-order valence-electron chi connectivity index (χ3n) is 1.70. The lowest BCUT2D eigenvalue weighted by atomic mass is 10.2. The second kappa shape index (κ2) is 4.98. The smallest absolute Gasteiger partial charge is 0.368 e. The Morgan fingerprint density at radius 1 is 1.31 bits per heavy atom. The first kappa shape index (κ1) is 12.5. The summed E-state index contributed by atoms with van der Waals surface area (Å²) in [6, 6.07) is 4.12. The van der Waals surface area contributed by atoms with Crippen LogP contribution in [0.15, 0.2) is 24.3 Å². The molecule has 0 spiro atoms. The van der Waals surface area contributed by atoms with Crippen molar-refractivity contribution in [1.82, 2.24) is 0 Å². The second-order valence-electron chi connectivity index (χ2n) is 2.92. The largest absolute Gasteiger partial charge is 0.416 e. The van der Waals surface area contributed by atoms with Gasteiger partial charge in [0.2, 0.25) is 0 Å². The summed E-state index contributed by atoms with van der Waals surface area (Å²) in [4.78, 5) is 11.0. The highest BCUT2D eigenvalue weighted by atomic mass is 19.4. The maximum absolute atomic E-state index is 12.2. The predicted molar refractivity (Wildman–Crippen MR) is 51.4 cm³/mol. The van der Waals surface area contributed by atoms with E-state index < -0.39 is 17.6 Å². The summed E-state index contributed by atoms with van der Waals surface area (Å²) in [5.74, 6) is -0.540. The van der Waals surface area contributed by atoms with E-state index in [1.807, 2.05) is 0 Å². The van der Waals surface area contributed by atoms with Crippen molar-refractivity contribution in [3.05, 3.63) is 36.4 Å². The Balaban J connectivity index is 2.69. The number of rotatable bonds is 3. The Bertz CT molecular complexity index is 359. The average molecular weight is 232 g/mol. The summed E-state index contributed by atoms with van der Waals surface area (Å²) in [6.07, 6.45) is -4.37. The van der Waals surface area contributed by atoms with Crippen LogP contribution in [0.4, 0.5) is 18.9 Å². The number of ether oxygens (including phenoxy) is 1. The van der Waals surface area contributed by atoms with Crippen molar-refractivity contribution in [3.8, 4) is 0 Å². The molecule has 1 rings (SSSR count). The number of carbonyl (C=O) groups is 1. The molecule has 0 saturated heterocycles. The fourth-order valence-corrected chi connectivity index (χ4v) is 1.02. The van der Waals surface area contributed by atoms with E-state index in [-0.39, 0.29) is 5.69 Å². The Morgan fingerprint density at radius 3 is 2.31 bits per heavy atom. The minimum Gasteiger partial charge on any atom is -0.368 e. The van der Waals surface area contributed by atoms with Gasteiger partial charge in [-0.15, -0.1) is 0 Å². The highest BCUT2D eigenvalue weighted by molar-refractivity contribution is 5.95. The first-order valence-electron chi connectivity index (χ1n) is 4.28.